The summed E-state index contributed by atoms with van der Waals surface area (Å²) in [6, 6.07) is 4.17. The van der Waals surface area contributed by atoms with Crippen molar-refractivity contribution in [2.75, 3.05) is 18.0 Å². The molecular formula is C13H19N3O. The van der Waals surface area contributed by atoms with E-state index in [1.165, 1.54) is 25.7 Å². The lowest BCUT2D eigenvalue weighted by Gasteiger charge is -2.16. The summed E-state index contributed by atoms with van der Waals surface area (Å²) in [5.74, 6) is 1.53. The highest BCUT2D eigenvalue weighted by atomic mass is 16.3. The highest BCUT2D eigenvalue weighted by Crippen LogP contribution is 2.33. The van der Waals surface area contributed by atoms with Gasteiger partial charge in [0.2, 0.25) is 0 Å². The van der Waals surface area contributed by atoms with Gasteiger partial charge in [-0.05, 0) is 31.4 Å². The Hall–Kier alpha value is -1.16. The number of β-amino-alcohol motifs (C(OH)–C–C–N with tert-alkyl or cyclic N) is 1. The Morgan fingerprint density at radius 2 is 1.94 bits per heavy atom. The topological polar surface area (TPSA) is 49.2 Å². The Morgan fingerprint density at radius 1 is 1.12 bits per heavy atom. The number of hydrogen-bond acceptors (Lipinski definition) is 4. The number of aromatic nitrogens is 2. The molecule has 2 aliphatic rings. The fourth-order valence-electron chi connectivity index (χ4n) is 2.89. The molecule has 1 saturated heterocycles. The molecule has 0 spiro atoms. The molecule has 1 aromatic rings. The zero-order chi connectivity index (χ0) is 11.7. The standard InChI is InChI=1S/C13H19N3O/c17-11-7-8-16(9-11)13-6-5-12(14-15-13)10-3-1-2-4-10/h5-6,10-11,17H,1-4,7-9H2. The molecule has 4 heteroatoms. The zero-order valence-electron chi connectivity index (χ0n) is 10.0. The van der Waals surface area contributed by atoms with E-state index in [1.54, 1.807) is 0 Å². The highest BCUT2D eigenvalue weighted by molar-refractivity contribution is 5.39. The first-order valence-corrected chi connectivity index (χ1v) is 6.59. The van der Waals surface area contributed by atoms with Gasteiger partial charge < -0.3 is 10.0 Å². The molecule has 0 aromatic carbocycles. The molecule has 1 aliphatic heterocycles. The largest absolute Gasteiger partial charge is 0.391 e. The maximum Gasteiger partial charge on any atom is 0.151 e. The molecule has 92 valence electrons. The first-order chi connectivity index (χ1) is 8.33. The van der Waals surface area contributed by atoms with E-state index < -0.39 is 0 Å². The van der Waals surface area contributed by atoms with E-state index in [1.807, 2.05) is 0 Å². The van der Waals surface area contributed by atoms with Crippen LogP contribution in [0.15, 0.2) is 12.1 Å². The van der Waals surface area contributed by atoms with Gasteiger partial charge in [-0.1, -0.05) is 12.8 Å². The Morgan fingerprint density at radius 3 is 2.53 bits per heavy atom. The van der Waals surface area contributed by atoms with Crippen molar-refractivity contribution < 1.29 is 5.11 Å². The monoisotopic (exact) mass is 233 g/mol. The van der Waals surface area contributed by atoms with Gasteiger partial charge >= 0.3 is 0 Å². The van der Waals surface area contributed by atoms with Crippen molar-refractivity contribution in [1.82, 2.24) is 10.2 Å². The van der Waals surface area contributed by atoms with Gasteiger partial charge in [0.25, 0.3) is 0 Å². The second-order valence-corrected chi connectivity index (χ2v) is 5.19. The second kappa shape index (κ2) is 4.61. The van der Waals surface area contributed by atoms with Crippen LogP contribution in [0.2, 0.25) is 0 Å². The normalized spacial score (nSPS) is 25.7. The first kappa shape index (κ1) is 11.0. The first-order valence-electron chi connectivity index (χ1n) is 6.59. The fourth-order valence-corrected chi connectivity index (χ4v) is 2.89. The van der Waals surface area contributed by atoms with Crippen molar-refractivity contribution in [3.63, 3.8) is 0 Å². The van der Waals surface area contributed by atoms with Crippen LogP contribution in [0.5, 0.6) is 0 Å². The minimum absolute atomic E-state index is 0.202. The number of aliphatic hydroxyl groups excluding tert-OH is 1. The third-order valence-corrected chi connectivity index (χ3v) is 3.93. The Bertz CT molecular complexity index is 373. The molecular weight excluding hydrogens is 214 g/mol. The van der Waals surface area contributed by atoms with Crippen LogP contribution in [-0.4, -0.2) is 34.5 Å². The third kappa shape index (κ3) is 2.27. The summed E-state index contributed by atoms with van der Waals surface area (Å²) >= 11 is 0. The number of aliphatic hydroxyl groups is 1. The van der Waals surface area contributed by atoms with Crippen LogP contribution in [0.1, 0.15) is 43.7 Å². The lowest BCUT2D eigenvalue weighted by Crippen LogP contribution is -2.22. The van der Waals surface area contributed by atoms with E-state index >= 15 is 0 Å². The Balaban J connectivity index is 1.71. The van der Waals surface area contributed by atoms with E-state index in [4.69, 9.17) is 0 Å². The number of hydrogen-bond donors (Lipinski definition) is 1. The maximum atomic E-state index is 9.50. The Kier molecular flexibility index (Phi) is 2.97. The van der Waals surface area contributed by atoms with Crippen molar-refractivity contribution in [3.8, 4) is 0 Å². The van der Waals surface area contributed by atoms with E-state index in [9.17, 15) is 5.11 Å². The van der Waals surface area contributed by atoms with Crippen LogP contribution in [0.3, 0.4) is 0 Å². The van der Waals surface area contributed by atoms with Gasteiger partial charge in [-0.3, -0.25) is 0 Å². The molecule has 1 unspecified atom stereocenters. The van der Waals surface area contributed by atoms with Crippen LogP contribution in [0, 0.1) is 0 Å². The second-order valence-electron chi connectivity index (χ2n) is 5.19. The average molecular weight is 233 g/mol. The van der Waals surface area contributed by atoms with Gasteiger partial charge in [-0.25, -0.2) is 0 Å². The number of nitrogens with zero attached hydrogens (tertiary/aromatic N) is 3. The molecule has 1 saturated carbocycles. The quantitative estimate of drug-likeness (QED) is 0.844. The van der Waals surface area contributed by atoms with Gasteiger partial charge in [0.1, 0.15) is 0 Å². The van der Waals surface area contributed by atoms with Gasteiger partial charge in [-0.2, -0.15) is 5.10 Å². The van der Waals surface area contributed by atoms with Crippen LogP contribution in [0.25, 0.3) is 0 Å². The number of rotatable bonds is 2. The summed E-state index contributed by atoms with van der Waals surface area (Å²) in [7, 11) is 0. The van der Waals surface area contributed by atoms with E-state index in [-0.39, 0.29) is 6.10 Å². The summed E-state index contributed by atoms with van der Waals surface area (Å²) in [6.07, 6.45) is 5.81. The summed E-state index contributed by atoms with van der Waals surface area (Å²) in [4.78, 5) is 2.11. The maximum absolute atomic E-state index is 9.50. The molecule has 1 atom stereocenters. The molecule has 2 heterocycles. The predicted octanol–water partition coefficient (Wildman–Crippen LogP) is 1.71. The fraction of sp³-hybridized carbons (Fsp3) is 0.692. The molecule has 0 amide bonds. The van der Waals surface area contributed by atoms with E-state index in [2.05, 4.69) is 27.2 Å². The van der Waals surface area contributed by atoms with Gasteiger partial charge in [-0.15, -0.1) is 5.10 Å². The van der Waals surface area contributed by atoms with Crippen LogP contribution in [-0.2, 0) is 0 Å². The summed E-state index contributed by atoms with van der Waals surface area (Å²) in [5, 5.41) is 18.2. The van der Waals surface area contributed by atoms with Gasteiger partial charge in [0.05, 0.1) is 11.8 Å². The van der Waals surface area contributed by atoms with Crippen LogP contribution >= 0.6 is 0 Å². The van der Waals surface area contributed by atoms with E-state index in [0.29, 0.717) is 12.5 Å². The van der Waals surface area contributed by atoms with Crippen molar-refractivity contribution in [1.29, 1.82) is 0 Å². The van der Waals surface area contributed by atoms with Gasteiger partial charge in [0, 0.05) is 19.0 Å². The van der Waals surface area contributed by atoms with Crippen molar-refractivity contribution in [3.05, 3.63) is 17.8 Å². The van der Waals surface area contributed by atoms with Crippen LogP contribution in [0.4, 0.5) is 5.82 Å². The van der Waals surface area contributed by atoms with Crippen molar-refractivity contribution >= 4 is 5.82 Å². The van der Waals surface area contributed by atoms with Crippen molar-refractivity contribution in [2.24, 2.45) is 0 Å². The van der Waals surface area contributed by atoms with Gasteiger partial charge in [0.15, 0.2) is 5.82 Å². The lowest BCUT2D eigenvalue weighted by molar-refractivity contribution is 0.198. The molecule has 0 radical (unpaired) electrons. The molecule has 2 fully saturated rings. The lowest BCUT2D eigenvalue weighted by atomic mass is 10.0. The highest BCUT2D eigenvalue weighted by Gasteiger charge is 2.23. The number of anilines is 1. The van der Waals surface area contributed by atoms with E-state index in [0.717, 1.165) is 24.5 Å². The SMILES string of the molecule is OC1CCN(c2ccc(C3CCCC3)nn2)C1. The summed E-state index contributed by atoms with van der Waals surface area (Å²) < 4.78 is 0. The molecule has 0 bridgehead atoms. The Labute approximate surface area is 102 Å². The molecule has 1 N–H and O–H groups in total. The minimum Gasteiger partial charge on any atom is -0.391 e. The third-order valence-electron chi connectivity index (χ3n) is 3.93. The molecule has 3 rings (SSSR count). The molecule has 1 aromatic heterocycles. The summed E-state index contributed by atoms with van der Waals surface area (Å²) in [5.41, 5.74) is 1.14. The average Bonchev–Trinajstić information content (AvgIpc) is 3.00. The molecule has 1 aliphatic carbocycles. The summed E-state index contributed by atoms with van der Waals surface area (Å²) in [6.45, 7) is 1.58. The van der Waals surface area contributed by atoms with Crippen LogP contribution < -0.4 is 4.90 Å². The smallest absolute Gasteiger partial charge is 0.151 e. The zero-order valence-corrected chi connectivity index (χ0v) is 10.0. The van der Waals surface area contributed by atoms with Crippen molar-refractivity contribution in [2.45, 2.75) is 44.1 Å². The minimum atomic E-state index is -0.202. The molecule has 4 nitrogen and oxygen atoms in total. The molecule has 17 heavy (non-hydrogen) atoms. The predicted molar refractivity (Wildman–Crippen MR) is 66.1 cm³/mol.